The van der Waals surface area contributed by atoms with Crippen molar-refractivity contribution in [1.29, 1.82) is 0 Å². The van der Waals surface area contributed by atoms with Crippen molar-refractivity contribution in [2.45, 2.75) is 13.5 Å². The molecule has 2 aromatic rings. The Hall–Kier alpha value is -2.84. The molecule has 1 saturated heterocycles. The Kier molecular flexibility index (Phi) is 9.92. The van der Waals surface area contributed by atoms with Gasteiger partial charge in [-0.25, -0.2) is 9.98 Å². The molecule has 0 spiro atoms. The molecule has 3 rings (SSSR count). The van der Waals surface area contributed by atoms with Crippen molar-refractivity contribution in [2.24, 2.45) is 4.99 Å². The summed E-state index contributed by atoms with van der Waals surface area (Å²) >= 11 is 0. The van der Waals surface area contributed by atoms with Crippen LogP contribution < -0.4 is 20.1 Å². The molecule has 0 aliphatic carbocycles. The van der Waals surface area contributed by atoms with Crippen LogP contribution in [-0.4, -0.2) is 75.0 Å². The molecule has 0 unspecified atom stereocenters. The van der Waals surface area contributed by atoms with Crippen LogP contribution in [0.3, 0.4) is 0 Å². The van der Waals surface area contributed by atoms with Crippen molar-refractivity contribution in [3.63, 3.8) is 0 Å². The number of ether oxygens (including phenoxy) is 3. The third kappa shape index (κ3) is 8.82. The number of morpholine rings is 1. The summed E-state index contributed by atoms with van der Waals surface area (Å²) in [5, 5.41) is 6.68. The first-order valence-corrected chi connectivity index (χ1v) is 10.9. The third-order valence-electron chi connectivity index (χ3n) is 4.73. The van der Waals surface area contributed by atoms with Crippen LogP contribution in [0.5, 0.6) is 11.6 Å². The molecule has 2 N–H and O–H groups in total. The number of aromatic nitrogens is 1. The van der Waals surface area contributed by atoms with Gasteiger partial charge in [0.1, 0.15) is 19.0 Å². The molecule has 0 bridgehead atoms. The largest absolute Gasteiger partial charge is 0.490 e. The summed E-state index contributed by atoms with van der Waals surface area (Å²) < 4.78 is 16.7. The van der Waals surface area contributed by atoms with E-state index in [-0.39, 0.29) is 0 Å². The third-order valence-corrected chi connectivity index (χ3v) is 4.73. The second kappa shape index (κ2) is 13.5. The molecule has 8 nitrogen and oxygen atoms in total. The minimum atomic E-state index is 0.441. The number of benzene rings is 1. The molecule has 0 atom stereocenters. The average molecular weight is 428 g/mol. The minimum absolute atomic E-state index is 0.441. The van der Waals surface area contributed by atoms with Crippen LogP contribution in [0, 0.1) is 0 Å². The molecule has 1 aliphatic heterocycles. The highest BCUT2D eigenvalue weighted by Gasteiger charge is 2.09. The Morgan fingerprint density at radius 1 is 1.06 bits per heavy atom. The molecule has 168 valence electrons. The maximum absolute atomic E-state index is 5.65. The van der Waals surface area contributed by atoms with E-state index in [0.29, 0.717) is 25.6 Å². The number of nitrogens with one attached hydrogen (secondary N) is 2. The van der Waals surface area contributed by atoms with Crippen LogP contribution in [0.2, 0.25) is 0 Å². The van der Waals surface area contributed by atoms with E-state index in [1.54, 1.807) is 6.20 Å². The normalized spacial score (nSPS) is 14.8. The predicted octanol–water partition coefficient (Wildman–Crippen LogP) is 1.93. The van der Waals surface area contributed by atoms with E-state index in [2.05, 4.69) is 32.4 Å². The number of rotatable bonds is 11. The van der Waals surface area contributed by atoms with Gasteiger partial charge in [-0.2, -0.15) is 0 Å². The minimum Gasteiger partial charge on any atom is -0.490 e. The van der Waals surface area contributed by atoms with Gasteiger partial charge in [0.2, 0.25) is 5.88 Å². The van der Waals surface area contributed by atoms with Crippen LogP contribution in [0.15, 0.2) is 53.7 Å². The van der Waals surface area contributed by atoms with Gasteiger partial charge < -0.3 is 24.8 Å². The van der Waals surface area contributed by atoms with Crippen molar-refractivity contribution in [3.8, 4) is 11.6 Å². The molecular formula is C23H33N5O3. The van der Waals surface area contributed by atoms with Crippen LogP contribution in [0.25, 0.3) is 0 Å². The van der Waals surface area contributed by atoms with E-state index in [9.17, 15) is 0 Å². The standard InChI is InChI=1S/C23H33N5O3/c1-2-24-23(25-10-11-28-12-14-29-15-13-28)27-19-20-8-9-22(26-18-20)31-17-16-30-21-6-4-3-5-7-21/h3-9,18H,2,10-17,19H2,1H3,(H2,24,25,27). The summed E-state index contributed by atoms with van der Waals surface area (Å²) in [4.78, 5) is 11.4. The predicted molar refractivity (Wildman–Crippen MR) is 122 cm³/mol. The topological polar surface area (TPSA) is 80.2 Å². The van der Waals surface area contributed by atoms with Gasteiger partial charge >= 0.3 is 0 Å². The molecule has 1 aliphatic rings. The monoisotopic (exact) mass is 427 g/mol. The zero-order valence-electron chi connectivity index (χ0n) is 18.3. The number of hydrogen-bond acceptors (Lipinski definition) is 6. The highest BCUT2D eigenvalue weighted by atomic mass is 16.5. The second-order valence-electron chi connectivity index (χ2n) is 7.09. The number of nitrogens with zero attached hydrogens (tertiary/aromatic N) is 3. The van der Waals surface area contributed by atoms with Gasteiger partial charge in [0.15, 0.2) is 5.96 Å². The van der Waals surface area contributed by atoms with Gasteiger partial charge in [-0.1, -0.05) is 24.3 Å². The fraction of sp³-hybridized carbons (Fsp3) is 0.478. The Bertz CT molecular complexity index is 765. The van der Waals surface area contributed by atoms with Crippen LogP contribution >= 0.6 is 0 Å². The zero-order valence-corrected chi connectivity index (χ0v) is 18.3. The maximum Gasteiger partial charge on any atom is 0.213 e. The SMILES string of the molecule is CCNC(=NCc1ccc(OCCOc2ccccc2)nc1)NCCN1CCOCC1. The first-order chi connectivity index (χ1) is 15.3. The van der Waals surface area contributed by atoms with E-state index in [1.165, 1.54) is 0 Å². The van der Waals surface area contributed by atoms with E-state index in [1.807, 2.05) is 42.5 Å². The molecule has 8 heteroatoms. The van der Waals surface area contributed by atoms with Gasteiger partial charge in [-0.15, -0.1) is 0 Å². The van der Waals surface area contributed by atoms with Gasteiger partial charge in [0, 0.05) is 45.0 Å². The summed E-state index contributed by atoms with van der Waals surface area (Å²) in [6.07, 6.45) is 1.80. The van der Waals surface area contributed by atoms with Crippen LogP contribution in [0.4, 0.5) is 0 Å². The Labute approximate surface area is 184 Å². The van der Waals surface area contributed by atoms with Gasteiger partial charge in [0.25, 0.3) is 0 Å². The first-order valence-electron chi connectivity index (χ1n) is 10.9. The van der Waals surface area contributed by atoms with E-state index >= 15 is 0 Å². The molecule has 1 aromatic carbocycles. The summed E-state index contributed by atoms with van der Waals surface area (Å²) in [5.41, 5.74) is 1.03. The van der Waals surface area contributed by atoms with Gasteiger partial charge in [0.05, 0.1) is 19.8 Å². The summed E-state index contributed by atoms with van der Waals surface area (Å²) in [6, 6.07) is 13.6. The molecule has 0 radical (unpaired) electrons. The van der Waals surface area contributed by atoms with Gasteiger partial charge in [-0.3, -0.25) is 4.90 Å². The molecule has 1 aromatic heterocycles. The fourth-order valence-corrected chi connectivity index (χ4v) is 3.08. The molecule has 2 heterocycles. The molecule has 0 saturated carbocycles. The number of hydrogen-bond donors (Lipinski definition) is 2. The Balaban J connectivity index is 1.37. The van der Waals surface area contributed by atoms with E-state index in [0.717, 1.165) is 63.2 Å². The Morgan fingerprint density at radius 3 is 2.61 bits per heavy atom. The maximum atomic E-state index is 5.65. The lowest BCUT2D eigenvalue weighted by atomic mass is 10.3. The fourth-order valence-electron chi connectivity index (χ4n) is 3.08. The van der Waals surface area contributed by atoms with Crippen molar-refractivity contribution >= 4 is 5.96 Å². The molecule has 31 heavy (non-hydrogen) atoms. The molecule has 1 fully saturated rings. The number of aliphatic imine (C=N–C) groups is 1. The highest BCUT2D eigenvalue weighted by Crippen LogP contribution is 2.10. The number of guanidine groups is 1. The van der Waals surface area contributed by atoms with Gasteiger partial charge in [-0.05, 0) is 24.6 Å². The lowest BCUT2D eigenvalue weighted by Gasteiger charge is -2.26. The van der Waals surface area contributed by atoms with Crippen LogP contribution in [0.1, 0.15) is 12.5 Å². The summed E-state index contributed by atoms with van der Waals surface area (Å²) in [6.45, 7) is 9.81. The quantitative estimate of drug-likeness (QED) is 0.322. The lowest BCUT2D eigenvalue weighted by molar-refractivity contribution is 0.0389. The average Bonchev–Trinajstić information content (AvgIpc) is 2.82. The van der Waals surface area contributed by atoms with Crippen molar-refractivity contribution in [1.82, 2.24) is 20.5 Å². The van der Waals surface area contributed by atoms with Crippen molar-refractivity contribution in [2.75, 3.05) is 59.2 Å². The first kappa shape index (κ1) is 22.8. The highest BCUT2D eigenvalue weighted by molar-refractivity contribution is 5.79. The van der Waals surface area contributed by atoms with Crippen LogP contribution in [-0.2, 0) is 11.3 Å². The van der Waals surface area contributed by atoms with E-state index in [4.69, 9.17) is 14.2 Å². The molecule has 0 amide bonds. The summed E-state index contributed by atoms with van der Waals surface area (Å²) in [5.74, 6) is 2.23. The second-order valence-corrected chi connectivity index (χ2v) is 7.09. The Morgan fingerprint density at radius 2 is 1.87 bits per heavy atom. The molecular weight excluding hydrogens is 394 g/mol. The summed E-state index contributed by atoms with van der Waals surface area (Å²) in [7, 11) is 0. The lowest BCUT2D eigenvalue weighted by Crippen LogP contribution is -2.44. The smallest absolute Gasteiger partial charge is 0.213 e. The number of para-hydroxylation sites is 1. The number of pyridine rings is 1. The zero-order chi connectivity index (χ0) is 21.6. The van der Waals surface area contributed by atoms with Crippen molar-refractivity contribution in [3.05, 3.63) is 54.2 Å². The van der Waals surface area contributed by atoms with E-state index < -0.39 is 0 Å². The van der Waals surface area contributed by atoms with Crippen molar-refractivity contribution < 1.29 is 14.2 Å².